The van der Waals surface area contributed by atoms with Crippen LogP contribution in [0.2, 0.25) is 0 Å². The molecule has 0 saturated heterocycles. The first-order valence-corrected chi connectivity index (χ1v) is 9.42. The van der Waals surface area contributed by atoms with Gasteiger partial charge in [-0.25, -0.2) is 4.79 Å². The molecule has 4 nitrogen and oxygen atoms in total. The van der Waals surface area contributed by atoms with Crippen molar-refractivity contribution in [1.82, 2.24) is 4.90 Å². The van der Waals surface area contributed by atoms with E-state index in [1.165, 1.54) is 11.8 Å². The van der Waals surface area contributed by atoms with E-state index in [1.54, 1.807) is 4.90 Å². The van der Waals surface area contributed by atoms with Crippen molar-refractivity contribution in [2.24, 2.45) is 5.41 Å². The maximum Gasteiger partial charge on any atom is 0.410 e. The monoisotopic (exact) mass is 361 g/mol. The first kappa shape index (κ1) is 22.1. The first-order valence-electron chi connectivity index (χ1n) is 9.42. The summed E-state index contributed by atoms with van der Waals surface area (Å²) in [6.07, 6.45) is 13.4. The highest BCUT2D eigenvalue weighted by Gasteiger charge is 2.37. The predicted octanol–water partition coefficient (Wildman–Crippen LogP) is 5.93. The quantitative estimate of drug-likeness (QED) is 0.362. The van der Waals surface area contributed by atoms with E-state index in [4.69, 9.17) is 4.74 Å². The average Bonchev–Trinajstić information content (AvgIpc) is 2.55. The van der Waals surface area contributed by atoms with Crippen LogP contribution in [0.15, 0.2) is 47.8 Å². The van der Waals surface area contributed by atoms with Gasteiger partial charge in [-0.1, -0.05) is 49.8 Å². The Morgan fingerprint density at radius 1 is 1.38 bits per heavy atom. The summed E-state index contributed by atoms with van der Waals surface area (Å²) in [5.74, 6) is 0. The molecule has 0 spiro atoms. The van der Waals surface area contributed by atoms with Crippen LogP contribution in [0.5, 0.6) is 0 Å². The molecular weight excluding hydrogens is 326 g/mol. The molecule has 0 aromatic heterocycles. The van der Waals surface area contributed by atoms with Gasteiger partial charge in [-0.3, -0.25) is 0 Å². The van der Waals surface area contributed by atoms with Crippen molar-refractivity contribution in [1.29, 1.82) is 0 Å². The predicted molar refractivity (Wildman–Crippen MR) is 108 cm³/mol. The molecule has 1 rings (SSSR count). The Morgan fingerprint density at radius 3 is 2.62 bits per heavy atom. The number of carbonyl (C=O) groups is 1. The highest BCUT2D eigenvalue weighted by Crippen LogP contribution is 2.40. The lowest BCUT2D eigenvalue weighted by Crippen LogP contribution is -2.46. The summed E-state index contributed by atoms with van der Waals surface area (Å²) in [6, 6.07) is 0. The van der Waals surface area contributed by atoms with Crippen LogP contribution in [0.4, 0.5) is 4.79 Å². The Morgan fingerprint density at radius 2 is 2.08 bits per heavy atom. The highest BCUT2D eigenvalue weighted by molar-refractivity contribution is 5.69. The van der Waals surface area contributed by atoms with Gasteiger partial charge < -0.3 is 14.7 Å². The second kappa shape index (κ2) is 9.65. The van der Waals surface area contributed by atoms with Crippen molar-refractivity contribution in [3.05, 3.63) is 47.8 Å². The number of amides is 1. The van der Waals surface area contributed by atoms with E-state index < -0.39 is 5.60 Å². The number of carbonyl (C=O) groups excluding carboxylic acids is 1. The second-order valence-electron chi connectivity index (χ2n) is 8.13. The fourth-order valence-corrected chi connectivity index (χ4v) is 3.34. The second-order valence-corrected chi connectivity index (χ2v) is 8.13. The Labute approximate surface area is 158 Å². The normalized spacial score (nSPS) is 22.2. The SMILES string of the molecule is C/C=C\C=C/C/C(=C\O)C[C@@]1(C)CN(C(=O)OC(C)(C)C)CC=C1CC. The molecule has 0 fully saturated rings. The van der Waals surface area contributed by atoms with Crippen molar-refractivity contribution in [2.75, 3.05) is 13.1 Å². The van der Waals surface area contributed by atoms with E-state index in [1.807, 2.05) is 52.0 Å². The molecular formula is C22H35NO3. The zero-order valence-corrected chi connectivity index (χ0v) is 17.2. The fraction of sp³-hybridized carbons (Fsp3) is 0.591. The molecule has 146 valence electrons. The summed E-state index contributed by atoms with van der Waals surface area (Å²) < 4.78 is 5.54. The Kier molecular flexibility index (Phi) is 8.19. The largest absolute Gasteiger partial charge is 0.516 e. The summed E-state index contributed by atoms with van der Waals surface area (Å²) in [6.45, 7) is 13.1. The summed E-state index contributed by atoms with van der Waals surface area (Å²) in [5.41, 5.74) is 1.58. The maximum absolute atomic E-state index is 12.5. The van der Waals surface area contributed by atoms with Gasteiger partial charge in [0.2, 0.25) is 0 Å². The molecule has 0 aliphatic carbocycles. The summed E-state index contributed by atoms with van der Waals surface area (Å²) in [5, 5.41) is 9.68. The van der Waals surface area contributed by atoms with Crippen LogP contribution in [-0.4, -0.2) is 34.8 Å². The van der Waals surface area contributed by atoms with Crippen LogP contribution < -0.4 is 0 Å². The van der Waals surface area contributed by atoms with Gasteiger partial charge in [0.25, 0.3) is 0 Å². The zero-order valence-electron chi connectivity index (χ0n) is 17.2. The van der Waals surface area contributed by atoms with Crippen molar-refractivity contribution in [3.63, 3.8) is 0 Å². The van der Waals surface area contributed by atoms with Gasteiger partial charge in [-0.05, 0) is 52.5 Å². The maximum atomic E-state index is 12.5. The van der Waals surface area contributed by atoms with Gasteiger partial charge >= 0.3 is 6.09 Å². The van der Waals surface area contributed by atoms with Gasteiger partial charge in [0, 0.05) is 18.5 Å². The molecule has 0 aromatic rings. The molecule has 4 heteroatoms. The molecule has 1 amide bonds. The van der Waals surface area contributed by atoms with Crippen molar-refractivity contribution >= 4 is 6.09 Å². The molecule has 0 radical (unpaired) electrons. The number of aliphatic hydroxyl groups excluding tert-OH is 1. The number of aliphatic hydroxyl groups is 1. The third-order valence-corrected chi connectivity index (χ3v) is 4.53. The standard InChI is InChI=1S/C22H35NO3/c1-7-9-10-11-12-18(16-24)15-22(6)17-23(14-13-19(22)8-2)20(25)26-21(3,4)5/h7,9-11,13,16,24H,8,12,14-15,17H2,1-6H3/b9-7-,11-10-,18-16+/t22-/m0/s1. The van der Waals surface area contributed by atoms with Gasteiger partial charge in [-0.2, -0.15) is 0 Å². The third kappa shape index (κ3) is 6.74. The highest BCUT2D eigenvalue weighted by atomic mass is 16.6. The number of rotatable bonds is 6. The first-order chi connectivity index (χ1) is 12.1. The van der Waals surface area contributed by atoms with Gasteiger partial charge in [0.15, 0.2) is 0 Å². The lowest BCUT2D eigenvalue weighted by Gasteiger charge is -2.41. The van der Waals surface area contributed by atoms with E-state index in [2.05, 4.69) is 19.9 Å². The van der Waals surface area contributed by atoms with E-state index in [0.29, 0.717) is 25.9 Å². The molecule has 1 heterocycles. The minimum Gasteiger partial charge on any atom is -0.516 e. The molecule has 0 bridgehead atoms. The van der Waals surface area contributed by atoms with Gasteiger partial charge in [0.1, 0.15) is 5.60 Å². The van der Waals surface area contributed by atoms with Gasteiger partial charge in [0.05, 0.1) is 6.26 Å². The topological polar surface area (TPSA) is 49.8 Å². The number of hydrogen-bond acceptors (Lipinski definition) is 3. The van der Waals surface area contributed by atoms with E-state index >= 15 is 0 Å². The Hall–Kier alpha value is -1.97. The molecule has 1 atom stereocenters. The van der Waals surface area contributed by atoms with E-state index in [9.17, 15) is 9.90 Å². The van der Waals surface area contributed by atoms with Gasteiger partial charge in [-0.15, -0.1) is 0 Å². The number of allylic oxidation sites excluding steroid dienone is 5. The van der Waals surface area contributed by atoms with Crippen LogP contribution in [0.3, 0.4) is 0 Å². The molecule has 1 aliphatic heterocycles. The van der Waals surface area contributed by atoms with Crippen LogP contribution in [0, 0.1) is 5.41 Å². The van der Waals surface area contributed by atoms with E-state index in [0.717, 1.165) is 12.0 Å². The molecule has 0 aromatic carbocycles. The van der Waals surface area contributed by atoms with Crippen molar-refractivity contribution in [2.45, 2.75) is 66.4 Å². The molecule has 26 heavy (non-hydrogen) atoms. The number of ether oxygens (including phenoxy) is 1. The summed E-state index contributed by atoms with van der Waals surface area (Å²) in [4.78, 5) is 14.2. The third-order valence-electron chi connectivity index (χ3n) is 4.53. The van der Waals surface area contributed by atoms with Crippen LogP contribution in [0.25, 0.3) is 0 Å². The molecule has 0 unspecified atom stereocenters. The zero-order chi connectivity index (χ0) is 19.8. The average molecular weight is 362 g/mol. The van der Waals surface area contributed by atoms with Crippen LogP contribution in [0.1, 0.15) is 60.8 Å². The molecule has 0 saturated carbocycles. The molecule has 1 N–H and O–H groups in total. The minimum absolute atomic E-state index is 0.201. The lowest BCUT2D eigenvalue weighted by molar-refractivity contribution is 0.0191. The summed E-state index contributed by atoms with van der Waals surface area (Å²) in [7, 11) is 0. The lowest BCUT2D eigenvalue weighted by atomic mass is 9.73. The van der Waals surface area contributed by atoms with Crippen LogP contribution in [-0.2, 0) is 4.74 Å². The summed E-state index contributed by atoms with van der Waals surface area (Å²) >= 11 is 0. The van der Waals surface area contributed by atoms with Crippen molar-refractivity contribution < 1.29 is 14.6 Å². The smallest absolute Gasteiger partial charge is 0.410 e. The van der Waals surface area contributed by atoms with Crippen LogP contribution >= 0.6 is 0 Å². The minimum atomic E-state index is -0.504. The van der Waals surface area contributed by atoms with E-state index in [-0.39, 0.29) is 11.5 Å². The Balaban J connectivity index is 2.92. The number of hydrogen-bond donors (Lipinski definition) is 1. The number of nitrogens with zero attached hydrogens (tertiary/aromatic N) is 1. The Bertz CT molecular complexity index is 593. The van der Waals surface area contributed by atoms with Crippen molar-refractivity contribution in [3.8, 4) is 0 Å². The molecule has 1 aliphatic rings. The fourth-order valence-electron chi connectivity index (χ4n) is 3.34.